The van der Waals surface area contributed by atoms with Crippen molar-refractivity contribution >= 4 is 40.7 Å². The van der Waals surface area contributed by atoms with Gasteiger partial charge < -0.3 is 15.7 Å². The molecule has 132 valence electrons. The summed E-state index contributed by atoms with van der Waals surface area (Å²) in [6.07, 6.45) is 4.27. The molecule has 1 fully saturated rings. The van der Waals surface area contributed by atoms with E-state index in [0.29, 0.717) is 17.8 Å². The van der Waals surface area contributed by atoms with Crippen LogP contribution in [0.1, 0.15) is 46.5 Å². The first kappa shape index (κ1) is 22.1. The van der Waals surface area contributed by atoms with Gasteiger partial charge in [-0.25, -0.2) is 0 Å². The molecule has 0 heterocycles. The highest BCUT2D eigenvalue weighted by molar-refractivity contribution is 14.0. The molecule has 0 aromatic heterocycles. The van der Waals surface area contributed by atoms with E-state index in [2.05, 4.69) is 15.6 Å². The summed E-state index contributed by atoms with van der Waals surface area (Å²) in [6.45, 7) is 7.61. The Bertz CT molecular complexity index is 356. The molecule has 0 aromatic carbocycles. The van der Waals surface area contributed by atoms with Crippen LogP contribution in [0.25, 0.3) is 0 Å². The Kier molecular flexibility index (Phi) is 12.6. The molecule has 1 aliphatic carbocycles. The first-order valence-electron chi connectivity index (χ1n) is 8.13. The first-order chi connectivity index (χ1) is 10.1. The van der Waals surface area contributed by atoms with Crippen LogP contribution in [0.2, 0.25) is 0 Å². The van der Waals surface area contributed by atoms with Gasteiger partial charge in [0.15, 0.2) is 5.96 Å². The summed E-state index contributed by atoms with van der Waals surface area (Å²) in [5.41, 5.74) is 0. The number of rotatable bonds is 7. The van der Waals surface area contributed by atoms with Gasteiger partial charge in [-0.05, 0) is 32.1 Å². The largest absolute Gasteiger partial charge is 0.396 e. The number of aliphatic hydroxyl groups excluding tert-OH is 1. The molecular formula is C15H32IN3O2S. The van der Waals surface area contributed by atoms with Crippen molar-refractivity contribution in [2.24, 2.45) is 10.9 Å². The lowest BCUT2D eigenvalue weighted by Gasteiger charge is -2.30. The van der Waals surface area contributed by atoms with Gasteiger partial charge in [0, 0.05) is 47.5 Å². The Morgan fingerprint density at radius 2 is 2.14 bits per heavy atom. The number of hydrogen-bond donors (Lipinski definition) is 3. The summed E-state index contributed by atoms with van der Waals surface area (Å²) < 4.78 is 12.0. The molecule has 4 unspecified atom stereocenters. The van der Waals surface area contributed by atoms with Crippen LogP contribution >= 0.6 is 24.0 Å². The molecule has 0 aromatic rings. The molecule has 0 saturated heterocycles. The van der Waals surface area contributed by atoms with Crippen molar-refractivity contribution in [2.75, 3.05) is 25.4 Å². The van der Waals surface area contributed by atoms with Crippen LogP contribution < -0.4 is 10.6 Å². The monoisotopic (exact) mass is 445 g/mol. The standard InChI is InChI=1S/C15H31N3O2S.HI/c1-4-16-15(17-10-12(3)11-19)18-13-7-6-8-14(9-13)21(20)5-2;/h12-14,19H,4-11H2,1-3H3,(H2,16,17,18);1H. The summed E-state index contributed by atoms with van der Waals surface area (Å²) in [7, 11) is -0.699. The normalized spacial score (nSPS) is 25.0. The fourth-order valence-corrected chi connectivity index (χ4v) is 3.92. The Morgan fingerprint density at radius 1 is 1.41 bits per heavy atom. The maximum absolute atomic E-state index is 12.0. The number of nitrogens with zero attached hydrogens (tertiary/aromatic N) is 1. The van der Waals surface area contributed by atoms with Crippen LogP contribution in [0.3, 0.4) is 0 Å². The van der Waals surface area contributed by atoms with Gasteiger partial charge in [-0.3, -0.25) is 9.20 Å². The molecule has 7 heteroatoms. The van der Waals surface area contributed by atoms with Crippen LogP contribution in [0.15, 0.2) is 4.99 Å². The summed E-state index contributed by atoms with van der Waals surface area (Å²) >= 11 is 0. The minimum absolute atomic E-state index is 0. The SMILES string of the molecule is CCNC(=NCC(C)CO)NC1CCCC(S(=O)CC)C1.I. The second kappa shape index (κ2) is 12.5. The van der Waals surface area contributed by atoms with Crippen molar-refractivity contribution < 1.29 is 9.32 Å². The maximum atomic E-state index is 12.0. The summed E-state index contributed by atoms with van der Waals surface area (Å²) in [4.78, 5) is 4.53. The van der Waals surface area contributed by atoms with Crippen molar-refractivity contribution in [2.45, 2.75) is 57.7 Å². The van der Waals surface area contributed by atoms with Crippen LogP contribution in [0.4, 0.5) is 0 Å². The van der Waals surface area contributed by atoms with E-state index in [1.807, 2.05) is 20.8 Å². The molecule has 4 atom stereocenters. The van der Waals surface area contributed by atoms with Gasteiger partial charge in [0.2, 0.25) is 0 Å². The molecule has 1 aliphatic rings. The molecule has 3 N–H and O–H groups in total. The van der Waals surface area contributed by atoms with E-state index in [1.165, 1.54) is 0 Å². The second-order valence-electron chi connectivity index (χ2n) is 5.81. The third-order valence-electron chi connectivity index (χ3n) is 3.84. The molecule has 0 amide bonds. The van der Waals surface area contributed by atoms with Gasteiger partial charge in [0.05, 0.1) is 0 Å². The van der Waals surface area contributed by atoms with E-state index in [1.54, 1.807) is 0 Å². The molecule has 1 rings (SSSR count). The highest BCUT2D eigenvalue weighted by Gasteiger charge is 2.26. The number of hydrogen-bond acceptors (Lipinski definition) is 3. The lowest BCUT2D eigenvalue weighted by Crippen LogP contribution is -2.46. The Labute approximate surface area is 154 Å². The van der Waals surface area contributed by atoms with Gasteiger partial charge >= 0.3 is 0 Å². The van der Waals surface area contributed by atoms with Crippen molar-refractivity contribution in [1.82, 2.24) is 10.6 Å². The first-order valence-corrected chi connectivity index (χ1v) is 9.51. The van der Waals surface area contributed by atoms with E-state index in [0.717, 1.165) is 43.9 Å². The van der Waals surface area contributed by atoms with Crippen molar-refractivity contribution in [3.05, 3.63) is 0 Å². The topological polar surface area (TPSA) is 73.7 Å². The smallest absolute Gasteiger partial charge is 0.191 e. The fourth-order valence-electron chi connectivity index (χ4n) is 2.57. The van der Waals surface area contributed by atoms with E-state index in [4.69, 9.17) is 5.11 Å². The van der Waals surface area contributed by atoms with Gasteiger partial charge in [-0.1, -0.05) is 20.3 Å². The number of guanidine groups is 1. The van der Waals surface area contributed by atoms with Gasteiger partial charge in [0.1, 0.15) is 0 Å². The molecule has 0 radical (unpaired) electrons. The number of halogens is 1. The van der Waals surface area contributed by atoms with E-state index >= 15 is 0 Å². The molecule has 1 saturated carbocycles. The summed E-state index contributed by atoms with van der Waals surface area (Å²) in [5, 5.41) is 16.1. The average Bonchev–Trinajstić information content (AvgIpc) is 2.51. The lowest BCUT2D eigenvalue weighted by atomic mass is 9.95. The minimum atomic E-state index is -0.699. The summed E-state index contributed by atoms with van der Waals surface area (Å²) in [5.74, 6) is 1.73. The zero-order chi connectivity index (χ0) is 15.7. The Morgan fingerprint density at radius 3 is 2.73 bits per heavy atom. The van der Waals surface area contributed by atoms with Gasteiger partial charge in [-0.15, -0.1) is 24.0 Å². The third kappa shape index (κ3) is 8.10. The molecule has 0 bridgehead atoms. The van der Waals surface area contributed by atoms with Crippen molar-refractivity contribution in [3.63, 3.8) is 0 Å². The van der Waals surface area contributed by atoms with E-state index in [-0.39, 0.29) is 36.5 Å². The molecule has 5 nitrogen and oxygen atoms in total. The molecular weight excluding hydrogens is 413 g/mol. The molecule has 22 heavy (non-hydrogen) atoms. The van der Waals surface area contributed by atoms with Crippen LogP contribution in [0.5, 0.6) is 0 Å². The van der Waals surface area contributed by atoms with Gasteiger partial charge in [0.25, 0.3) is 0 Å². The molecule has 0 spiro atoms. The number of nitrogens with one attached hydrogen (secondary N) is 2. The quantitative estimate of drug-likeness (QED) is 0.318. The van der Waals surface area contributed by atoms with E-state index in [9.17, 15) is 4.21 Å². The second-order valence-corrected chi connectivity index (χ2v) is 7.81. The fraction of sp³-hybridized carbons (Fsp3) is 0.933. The molecule has 0 aliphatic heterocycles. The van der Waals surface area contributed by atoms with Crippen LogP contribution in [-0.2, 0) is 10.8 Å². The van der Waals surface area contributed by atoms with Crippen molar-refractivity contribution in [1.29, 1.82) is 0 Å². The van der Waals surface area contributed by atoms with Crippen molar-refractivity contribution in [3.8, 4) is 0 Å². The Balaban J connectivity index is 0.00000441. The number of aliphatic imine (C=N–C) groups is 1. The van der Waals surface area contributed by atoms with Gasteiger partial charge in [-0.2, -0.15) is 0 Å². The van der Waals surface area contributed by atoms with Crippen LogP contribution in [0, 0.1) is 5.92 Å². The minimum Gasteiger partial charge on any atom is -0.396 e. The zero-order valence-electron chi connectivity index (χ0n) is 14.0. The highest BCUT2D eigenvalue weighted by Crippen LogP contribution is 2.22. The lowest BCUT2D eigenvalue weighted by molar-refractivity contribution is 0.241. The Hall–Kier alpha value is 0.110. The zero-order valence-corrected chi connectivity index (χ0v) is 17.2. The third-order valence-corrected chi connectivity index (χ3v) is 5.58. The van der Waals surface area contributed by atoms with E-state index < -0.39 is 10.8 Å². The highest BCUT2D eigenvalue weighted by atomic mass is 127. The summed E-state index contributed by atoms with van der Waals surface area (Å²) in [6, 6.07) is 0.349. The maximum Gasteiger partial charge on any atom is 0.191 e. The predicted octanol–water partition coefficient (Wildman–Crippen LogP) is 1.87. The number of aliphatic hydroxyl groups is 1. The van der Waals surface area contributed by atoms with Crippen LogP contribution in [-0.4, -0.2) is 52.0 Å². The average molecular weight is 445 g/mol. The predicted molar refractivity (Wildman–Crippen MR) is 106 cm³/mol.